The summed E-state index contributed by atoms with van der Waals surface area (Å²) in [5.41, 5.74) is -0.226. The van der Waals surface area contributed by atoms with Crippen molar-refractivity contribution in [3.05, 3.63) is 60.4 Å². The predicted molar refractivity (Wildman–Crippen MR) is 190 cm³/mol. The number of nitrogens with zero attached hydrogens (tertiary/aromatic N) is 2. The number of methoxy groups -OCH3 is 1. The van der Waals surface area contributed by atoms with E-state index in [1.54, 1.807) is 26.2 Å². The number of ether oxygens (including phenoxy) is 2. The maximum absolute atomic E-state index is 14.5. The highest BCUT2D eigenvalue weighted by molar-refractivity contribution is 7.91. The lowest BCUT2D eigenvalue weighted by molar-refractivity contribution is -0.140. The van der Waals surface area contributed by atoms with E-state index in [1.807, 2.05) is 30.4 Å². The molecule has 2 saturated carbocycles. The number of carbonyl (C=O) groups is 3. The van der Waals surface area contributed by atoms with Gasteiger partial charge in [-0.3, -0.25) is 19.1 Å². The summed E-state index contributed by atoms with van der Waals surface area (Å²) in [4.78, 5) is 48.6. The minimum Gasteiger partial charge on any atom is -0.497 e. The van der Waals surface area contributed by atoms with E-state index in [2.05, 4.69) is 20.3 Å². The first kappa shape index (κ1) is 35.2. The van der Waals surface area contributed by atoms with Crippen LogP contribution in [0.2, 0.25) is 0 Å². The molecule has 51 heavy (non-hydrogen) atoms. The van der Waals surface area contributed by atoms with E-state index in [9.17, 15) is 27.2 Å². The number of rotatable bonds is 8. The first-order valence-electron chi connectivity index (χ1n) is 17.4. The SMILES string of the molecule is COc1cccc(N[C@H]2CCCCC/C=C\[C@H]3C[C@@]3(C(=O)NS(=O)(=O)C3(C)CC3)NC(=O)[C@@H]3C[C@@H](Oc4nc5ccc(F)cc5s4)CN3C2=O)c1. The second-order valence-electron chi connectivity index (χ2n) is 14.2. The summed E-state index contributed by atoms with van der Waals surface area (Å²) in [6, 6.07) is 9.82. The smallest absolute Gasteiger partial charge is 0.274 e. The largest absolute Gasteiger partial charge is 0.497 e. The van der Waals surface area contributed by atoms with Crippen molar-refractivity contribution in [3.63, 3.8) is 0 Å². The highest BCUT2D eigenvalue weighted by Gasteiger charge is 2.63. The van der Waals surface area contributed by atoms with Gasteiger partial charge in [0.1, 0.15) is 35.3 Å². The number of benzene rings is 2. The maximum atomic E-state index is 14.5. The van der Waals surface area contributed by atoms with Crippen LogP contribution >= 0.6 is 11.3 Å². The third-order valence-corrected chi connectivity index (χ3v) is 13.6. The standard InChI is InChI=1S/C36H42FN5O7S2/c1-35(15-16-35)51(46,47)41-33(45)36-20-22(36)9-6-4-3-5-7-12-28(38-24-10-8-11-25(18-24)48-2)32(44)42-21-26(19-29(42)31(43)40-36)49-34-39-27-14-13-23(37)17-30(27)50-34/h6,8-11,13-14,17-18,22,26,28-29,38H,3-5,7,12,15-16,19-21H2,1-2H3,(H,40,43)(H,41,45)/b9-6-/t22-,26+,28-,29-,36+/m0/s1. The maximum Gasteiger partial charge on any atom is 0.274 e. The lowest BCUT2D eigenvalue weighted by Gasteiger charge is -2.30. The number of anilines is 1. The number of amides is 3. The number of nitrogens with one attached hydrogen (secondary N) is 3. The fourth-order valence-electron chi connectivity index (χ4n) is 6.93. The van der Waals surface area contributed by atoms with Crippen molar-refractivity contribution in [2.45, 2.75) is 93.2 Å². The fraction of sp³-hybridized carbons (Fsp3) is 0.500. The Hall–Kier alpha value is -4.24. The van der Waals surface area contributed by atoms with Gasteiger partial charge in [0.05, 0.1) is 28.6 Å². The van der Waals surface area contributed by atoms with Crippen LogP contribution < -0.4 is 24.8 Å². The van der Waals surface area contributed by atoms with Crippen LogP contribution in [0.15, 0.2) is 54.6 Å². The van der Waals surface area contributed by atoms with Gasteiger partial charge >= 0.3 is 0 Å². The molecule has 0 unspecified atom stereocenters. The van der Waals surface area contributed by atoms with Crippen LogP contribution in [-0.4, -0.2) is 78.2 Å². The van der Waals surface area contributed by atoms with Crippen molar-refractivity contribution in [1.82, 2.24) is 19.9 Å². The highest BCUT2D eigenvalue weighted by Crippen LogP contribution is 2.47. The molecule has 12 nitrogen and oxygen atoms in total. The first-order chi connectivity index (χ1) is 24.4. The number of aromatic nitrogens is 1. The molecular weight excluding hydrogens is 698 g/mol. The monoisotopic (exact) mass is 739 g/mol. The molecule has 3 N–H and O–H groups in total. The third kappa shape index (κ3) is 7.27. The van der Waals surface area contributed by atoms with E-state index in [-0.39, 0.29) is 30.5 Å². The molecule has 5 atom stereocenters. The van der Waals surface area contributed by atoms with E-state index in [0.29, 0.717) is 40.9 Å². The lowest BCUT2D eigenvalue weighted by atomic mass is 10.0. The number of sulfonamides is 1. The number of halogens is 1. The molecule has 0 radical (unpaired) electrons. The normalized spacial score (nSPS) is 28.3. The molecule has 7 rings (SSSR count). The van der Waals surface area contributed by atoms with Gasteiger partial charge in [-0.1, -0.05) is 42.4 Å². The molecular formula is C36H42FN5O7S2. The van der Waals surface area contributed by atoms with Crippen LogP contribution in [-0.2, 0) is 24.4 Å². The quantitative estimate of drug-likeness (QED) is 0.280. The Morgan fingerprint density at radius 2 is 1.96 bits per heavy atom. The zero-order valence-corrected chi connectivity index (χ0v) is 30.2. The molecule has 3 heterocycles. The Morgan fingerprint density at radius 3 is 2.75 bits per heavy atom. The van der Waals surface area contributed by atoms with Crippen LogP contribution in [0.3, 0.4) is 0 Å². The van der Waals surface area contributed by atoms with Crippen LogP contribution in [0.4, 0.5) is 10.1 Å². The Kier molecular flexibility index (Phi) is 9.46. The number of hydrogen-bond donors (Lipinski definition) is 3. The second kappa shape index (κ2) is 13.7. The summed E-state index contributed by atoms with van der Waals surface area (Å²) >= 11 is 1.17. The van der Waals surface area contributed by atoms with Gasteiger partial charge in [0.25, 0.3) is 11.1 Å². The van der Waals surface area contributed by atoms with Crippen molar-refractivity contribution >= 4 is 55.0 Å². The third-order valence-electron chi connectivity index (χ3n) is 10.5. The van der Waals surface area contributed by atoms with Crippen molar-refractivity contribution < 1.29 is 36.7 Å². The molecule has 3 amide bonds. The predicted octanol–water partition coefficient (Wildman–Crippen LogP) is 4.67. The van der Waals surface area contributed by atoms with E-state index in [0.717, 1.165) is 25.7 Å². The van der Waals surface area contributed by atoms with Gasteiger partial charge < -0.3 is 25.0 Å². The highest BCUT2D eigenvalue weighted by atomic mass is 32.2. The van der Waals surface area contributed by atoms with Crippen molar-refractivity contribution in [2.24, 2.45) is 5.92 Å². The van der Waals surface area contributed by atoms with Gasteiger partial charge in [-0.05, 0) is 75.8 Å². The van der Waals surface area contributed by atoms with Crippen LogP contribution in [0.25, 0.3) is 10.2 Å². The summed E-state index contributed by atoms with van der Waals surface area (Å²) in [5, 5.41) is 6.56. The van der Waals surface area contributed by atoms with Crippen molar-refractivity contribution in [3.8, 4) is 10.9 Å². The molecule has 0 bridgehead atoms. The number of carbonyl (C=O) groups excluding carboxylic acids is 3. The molecule has 3 fully saturated rings. The van der Waals surface area contributed by atoms with Crippen LogP contribution in [0.1, 0.15) is 64.7 Å². The van der Waals surface area contributed by atoms with Gasteiger partial charge in [-0.2, -0.15) is 0 Å². The number of fused-ring (bicyclic) bond motifs is 3. The Labute approximate surface area is 300 Å². The number of allylic oxidation sites excluding steroid dienone is 1. The molecule has 3 aromatic rings. The molecule has 1 aromatic heterocycles. The molecule has 2 aliphatic carbocycles. The summed E-state index contributed by atoms with van der Waals surface area (Å²) in [6.45, 7) is 1.66. The van der Waals surface area contributed by atoms with E-state index in [1.165, 1.54) is 28.4 Å². The average molecular weight is 740 g/mol. The van der Waals surface area contributed by atoms with Crippen molar-refractivity contribution in [1.29, 1.82) is 0 Å². The molecule has 272 valence electrons. The fourth-order valence-corrected chi connectivity index (χ4v) is 9.15. The second-order valence-corrected chi connectivity index (χ2v) is 17.4. The molecule has 4 aliphatic rings. The summed E-state index contributed by atoms with van der Waals surface area (Å²) in [7, 11) is -2.39. The summed E-state index contributed by atoms with van der Waals surface area (Å²) < 4.78 is 53.6. The van der Waals surface area contributed by atoms with Crippen LogP contribution in [0, 0.1) is 11.7 Å². The number of thiazole rings is 1. The number of hydrogen-bond acceptors (Lipinski definition) is 10. The molecule has 1 saturated heterocycles. The zero-order chi connectivity index (χ0) is 36.0. The van der Waals surface area contributed by atoms with Gasteiger partial charge in [-0.15, -0.1) is 0 Å². The van der Waals surface area contributed by atoms with Crippen molar-refractivity contribution in [2.75, 3.05) is 19.0 Å². The van der Waals surface area contributed by atoms with Gasteiger partial charge in [-0.25, -0.2) is 17.8 Å². The van der Waals surface area contributed by atoms with Gasteiger partial charge in [0, 0.05) is 24.1 Å². The van der Waals surface area contributed by atoms with E-state index < -0.39 is 62.0 Å². The van der Waals surface area contributed by atoms with Crippen LogP contribution in [0.5, 0.6) is 10.9 Å². The zero-order valence-electron chi connectivity index (χ0n) is 28.5. The van der Waals surface area contributed by atoms with Gasteiger partial charge in [0.15, 0.2) is 0 Å². The topological polar surface area (TPSA) is 156 Å². The molecule has 2 aliphatic heterocycles. The minimum absolute atomic E-state index is 0.0623. The Bertz CT molecular complexity index is 1980. The average Bonchev–Trinajstić information content (AvgIpc) is 3.91. The first-order valence-corrected chi connectivity index (χ1v) is 19.7. The molecule has 0 spiro atoms. The Balaban J connectivity index is 1.19. The minimum atomic E-state index is -3.96. The summed E-state index contributed by atoms with van der Waals surface area (Å²) in [5.74, 6) is -1.83. The Morgan fingerprint density at radius 1 is 1.14 bits per heavy atom. The van der Waals surface area contributed by atoms with Gasteiger partial charge in [0.2, 0.25) is 21.8 Å². The lowest BCUT2D eigenvalue weighted by Crippen LogP contribution is -2.58. The molecule has 2 aromatic carbocycles. The van der Waals surface area contributed by atoms with E-state index >= 15 is 0 Å². The molecule has 15 heteroatoms. The van der Waals surface area contributed by atoms with E-state index in [4.69, 9.17) is 9.47 Å². The summed E-state index contributed by atoms with van der Waals surface area (Å²) in [6.07, 6.45) is 8.17.